The van der Waals surface area contributed by atoms with Crippen molar-refractivity contribution in [3.05, 3.63) is 65.2 Å². The molecule has 7 heteroatoms. The highest BCUT2D eigenvalue weighted by Crippen LogP contribution is 2.11. The number of rotatable bonds is 6. The van der Waals surface area contributed by atoms with Crippen molar-refractivity contribution in [1.29, 1.82) is 0 Å². The molecule has 0 spiro atoms. The molecular formula is C18H16N2O5. The number of aldehydes is 1. The van der Waals surface area contributed by atoms with Crippen LogP contribution < -0.4 is 10.6 Å². The minimum Gasteiger partial charge on any atom is -0.452 e. The fourth-order valence-corrected chi connectivity index (χ4v) is 1.99. The van der Waals surface area contributed by atoms with E-state index in [1.54, 1.807) is 18.2 Å². The molecule has 0 heterocycles. The summed E-state index contributed by atoms with van der Waals surface area (Å²) >= 11 is 0. The van der Waals surface area contributed by atoms with Gasteiger partial charge in [-0.1, -0.05) is 18.2 Å². The molecule has 0 unspecified atom stereocenters. The molecule has 25 heavy (non-hydrogen) atoms. The van der Waals surface area contributed by atoms with Gasteiger partial charge in [0.05, 0.1) is 5.56 Å². The van der Waals surface area contributed by atoms with Crippen molar-refractivity contribution >= 4 is 29.8 Å². The highest BCUT2D eigenvalue weighted by Gasteiger charge is 2.11. The maximum Gasteiger partial charge on any atom is 0.338 e. The van der Waals surface area contributed by atoms with Gasteiger partial charge in [0.25, 0.3) is 11.8 Å². The lowest BCUT2D eigenvalue weighted by Gasteiger charge is -2.08. The predicted octanol–water partition coefficient (Wildman–Crippen LogP) is 1.65. The van der Waals surface area contributed by atoms with Gasteiger partial charge in [0.15, 0.2) is 6.61 Å². The quantitative estimate of drug-likeness (QED) is 0.615. The summed E-state index contributed by atoms with van der Waals surface area (Å²) < 4.78 is 4.92. The fraction of sp³-hybridized carbons (Fsp3) is 0.111. The Morgan fingerprint density at radius 3 is 2.40 bits per heavy atom. The van der Waals surface area contributed by atoms with Crippen LogP contribution in [0.4, 0.5) is 5.69 Å². The molecule has 2 rings (SSSR count). The molecular weight excluding hydrogens is 324 g/mol. The first-order valence-corrected chi connectivity index (χ1v) is 7.38. The summed E-state index contributed by atoms with van der Waals surface area (Å²) in [6.07, 6.45) is 0.662. The highest BCUT2D eigenvalue weighted by molar-refractivity contribution is 5.98. The molecule has 128 valence electrons. The Labute approximate surface area is 144 Å². The molecule has 0 bridgehead atoms. The zero-order valence-electron chi connectivity index (χ0n) is 13.4. The third-order valence-electron chi connectivity index (χ3n) is 3.25. The first kappa shape index (κ1) is 17.9. The average molecular weight is 340 g/mol. The van der Waals surface area contributed by atoms with Crippen LogP contribution in [0.5, 0.6) is 0 Å². The van der Waals surface area contributed by atoms with E-state index in [2.05, 4.69) is 10.6 Å². The molecule has 0 atom stereocenters. The molecule has 2 aromatic rings. The summed E-state index contributed by atoms with van der Waals surface area (Å²) in [4.78, 5) is 45.8. The van der Waals surface area contributed by atoms with Gasteiger partial charge in [-0.3, -0.25) is 14.4 Å². The molecule has 0 aliphatic carbocycles. The van der Waals surface area contributed by atoms with Gasteiger partial charge in [-0.05, 0) is 30.3 Å². The molecule has 2 amide bonds. The number of amides is 2. The van der Waals surface area contributed by atoms with E-state index in [9.17, 15) is 19.2 Å². The zero-order valence-corrected chi connectivity index (χ0v) is 13.4. The van der Waals surface area contributed by atoms with Crippen LogP contribution in [0.2, 0.25) is 0 Å². The number of benzene rings is 2. The maximum absolute atomic E-state index is 11.9. The SMILES string of the molecule is CNC(=O)c1cccc(NC(=O)COC(=O)c2ccc(C=O)cc2)c1. The summed E-state index contributed by atoms with van der Waals surface area (Å²) in [7, 11) is 1.51. The lowest BCUT2D eigenvalue weighted by atomic mass is 10.1. The zero-order chi connectivity index (χ0) is 18.2. The van der Waals surface area contributed by atoms with Gasteiger partial charge < -0.3 is 15.4 Å². The minimum atomic E-state index is -0.674. The smallest absolute Gasteiger partial charge is 0.338 e. The lowest BCUT2D eigenvalue weighted by Crippen LogP contribution is -2.22. The number of nitrogens with one attached hydrogen (secondary N) is 2. The van der Waals surface area contributed by atoms with E-state index in [4.69, 9.17) is 4.74 Å². The molecule has 2 aromatic carbocycles. The minimum absolute atomic E-state index is 0.236. The Morgan fingerprint density at radius 1 is 1.04 bits per heavy atom. The van der Waals surface area contributed by atoms with Crippen LogP contribution in [0.3, 0.4) is 0 Å². The van der Waals surface area contributed by atoms with Gasteiger partial charge in [-0.15, -0.1) is 0 Å². The number of esters is 1. The summed E-state index contributed by atoms with van der Waals surface area (Å²) in [5.74, 6) is -1.49. The monoisotopic (exact) mass is 340 g/mol. The third kappa shape index (κ3) is 5.00. The summed E-state index contributed by atoms with van der Waals surface area (Å²) in [6.45, 7) is -0.474. The summed E-state index contributed by atoms with van der Waals surface area (Å²) in [5.41, 5.74) is 1.48. The van der Waals surface area contributed by atoms with Crippen LogP contribution in [-0.2, 0) is 9.53 Å². The van der Waals surface area contributed by atoms with Crippen molar-refractivity contribution in [2.45, 2.75) is 0 Å². The van der Waals surface area contributed by atoms with Gasteiger partial charge in [0, 0.05) is 23.9 Å². The van der Waals surface area contributed by atoms with Crippen LogP contribution in [0.25, 0.3) is 0 Å². The van der Waals surface area contributed by atoms with Crippen LogP contribution in [0.15, 0.2) is 48.5 Å². The van der Waals surface area contributed by atoms with Crippen LogP contribution in [-0.4, -0.2) is 37.7 Å². The van der Waals surface area contributed by atoms with Crippen molar-refractivity contribution in [2.24, 2.45) is 0 Å². The molecule has 2 N–H and O–H groups in total. The van der Waals surface area contributed by atoms with Gasteiger partial charge in [-0.25, -0.2) is 4.79 Å². The number of carbonyl (C=O) groups is 4. The van der Waals surface area contributed by atoms with Gasteiger partial charge >= 0.3 is 5.97 Å². The van der Waals surface area contributed by atoms with E-state index in [1.807, 2.05) is 0 Å². The Bertz CT molecular complexity index is 799. The fourth-order valence-electron chi connectivity index (χ4n) is 1.99. The standard InChI is InChI=1S/C18H16N2O5/c1-19-17(23)14-3-2-4-15(9-14)20-16(22)11-25-18(24)13-7-5-12(10-21)6-8-13/h2-10H,11H2,1H3,(H,19,23)(H,20,22). The first-order chi connectivity index (χ1) is 12.0. The van der Waals surface area contributed by atoms with E-state index in [0.717, 1.165) is 0 Å². The van der Waals surface area contributed by atoms with E-state index < -0.39 is 18.5 Å². The molecule has 0 fully saturated rings. The molecule has 0 aliphatic heterocycles. The normalized spacial score (nSPS) is 9.80. The highest BCUT2D eigenvalue weighted by atomic mass is 16.5. The largest absolute Gasteiger partial charge is 0.452 e. The maximum atomic E-state index is 11.9. The van der Waals surface area contributed by atoms with Crippen molar-refractivity contribution in [1.82, 2.24) is 5.32 Å². The van der Waals surface area contributed by atoms with Crippen molar-refractivity contribution < 1.29 is 23.9 Å². The van der Waals surface area contributed by atoms with Crippen molar-refractivity contribution in [3.8, 4) is 0 Å². The van der Waals surface area contributed by atoms with Gasteiger partial charge in [-0.2, -0.15) is 0 Å². The van der Waals surface area contributed by atoms with Gasteiger partial charge in [0.2, 0.25) is 0 Å². The summed E-state index contributed by atoms with van der Waals surface area (Å²) in [6, 6.07) is 12.2. The first-order valence-electron chi connectivity index (χ1n) is 7.38. The topological polar surface area (TPSA) is 102 Å². The van der Waals surface area contributed by atoms with E-state index in [0.29, 0.717) is 23.1 Å². The van der Waals surface area contributed by atoms with Gasteiger partial charge in [0.1, 0.15) is 6.29 Å². The van der Waals surface area contributed by atoms with E-state index >= 15 is 0 Å². The number of ether oxygens (including phenoxy) is 1. The second kappa shape index (κ2) is 8.39. The number of anilines is 1. The molecule has 7 nitrogen and oxygen atoms in total. The summed E-state index contributed by atoms with van der Waals surface area (Å²) in [5, 5.41) is 5.03. The van der Waals surface area contributed by atoms with E-state index in [1.165, 1.54) is 37.4 Å². The Balaban J connectivity index is 1.90. The molecule has 0 radical (unpaired) electrons. The van der Waals surface area contributed by atoms with Crippen molar-refractivity contribution in [3.63, 3.8) is 0 Å². The number of hydrogen-bond donors (Lipinski definition) is 2. The van der Waals surface area contributed by atoms with Crippen LogP contribution in [0.1, 0.15) is 31.1 Å². The number of carbonyl (C=O) groups excluding carboxylic acids is 4. The second-order valence-electron chi connectivity index (χ2n) is 5.02. The Kier molecular flexibility index (Phi) is 6.00. The lowest BCUT2D eigenvalue weighted by molar-refractivity contribution is -0.119. The number of hydrogen-bond acceptors (Lipinski definition) is 5. The second-order valence-corrected chi connectivity index (χ2v) is 5.02. The third-order valence-corrected chi connectivity index (χ3v) is 3.25. The molecule has 0 saturated carbocycles. The predicted molar refractivity (Wildman–Crippen MR) is 90.6 cm³/mol. The van der Waals surface area contributed by atoms with E-state index in [-0.39, 0.29) is 11.5 Å². The van der Waals surface area contributed by atoms with Crippen molar-refractivity contribution in [2.75, 3.05) is 19.0 Å². The Hall–Kier alpha value is -3.48. The average Bonchev–Trinajstić information content (AvgIpc) is 2.65. The van der Waals surface area contributed by atoms with Crippen LogP contribution >= 0.6 is 0 Å². The Morgan fingerprint density at radius 2 is 1.76 bits per heavy atom. The van der Waals surface area contributed by atoms with Crippen LogP contribution in [0, 0.1) is 0 Å². The molecule has 0 aromatic heterocycles. The molecule has 0 saturated heterocycles. The molecule has 0 aliphatic rings.